The van der Waals surface area contributed by atoms with Crippen molar-refractivity contribution in [3.63, 3.8) is 0 Å². The van der Waals surface area contributed by atoms with E-state index >= 15 is 0 Å². The highest BCUT2D eigenvalue weighted by Gasteiger charge is 2.20. The Morgan fingerprint density at radius 2 is 2.19 bits per heavy atom. The predicted molar refractivity (Wildman–Crippen MR) is 102 cm³/mol. The summed E-state index contributed by atoms with van der Waals surface area (Å²) in [6.45, 7) is 4.19. The molecule has 26 heavy (non-hydrogen) atoms. The average Bonchev–Trinajstić information content (AvgIpc) is 3.26. The lowest BCUT2D eigenvalue weighted by Crippen LogP contribution is -2.20. The van der Waals surface area contributed by atoms with Crippen LogP contribution in [0, 0.1) is 5.92 Å². The fourth-order valence-electron chi connectivity index (χ4n) is 3.43. The summed E-state index contributed by atoms with van der Waals surface area (Å²) in [5, 5.41) is 10.2. The van der Waals surface area contributed by atoms with Crippen molar-refractivity contribution in [3.05, 3.63) is 41.2 Å². The minimum absolute atomic E-state index is 0.124. The summed E-state index contributed by atoms with van der Waals surface area (Å²) in [7, 11) is 1.55. The summed E-state index contributed by atoms with van der Waals surface area (Å²) in [5.74, 6) is 2.81. The highest BCUT2D eigenvalue weighted by atomic mass is 35.5. The second-order valence-corrected chi connectivity index (χ2v) is 7.17. The number of aromatic nitrogens is 3. The van der Waals surface area contributed by atoms with Crippen molar-refractivity contribution in [2.45, 2.75) is 20.0 Å². The van der Waals surface area contributed by atoms with Gasteiger partial charge in [-0.1, -0.05) is 18.5 Å². The smallest absolute Gasteiger partial charge is 0.236 e. The van der Waals surface area contributed by atoms with Crippen LogP contribution in [0.25, 0.3) is 17.0 Å². The Balaban J connectivity index is 1.75. The minimum atomic E-state index is -0.124. The first-order valence-electron chi connectivity index (χ1n) is 8.67. The summed E-state index contributed by atoms with van der Waals surface area (Å²) in [6, 6.07) is 5.54. The van der Waals surface area contributed by atoms with Gasteiger partial charge >= 0.3 is 0 Å². The van der Waals surface area contributed by atoms with Crippen molar-refractivity contribution >= 4 is 23.2 Å². The van der Waals surface area contributed by atoms with Crippen LogP contribution < -0.4 is 9.64 Å². The van der Waals surface area contributed by atoms with E-state index in [2.05, 4.69) is 16.8 Å². The maximum absolute atomic E-state index is 9.72. The van der Waals surface area contributed by atoms with Gasteiger partial charge in [0, 0.05) is 31.0 Å². The van der Waals surface area contributed by atoms with E-state index in [0.717, 1.165) is 30.2 Å². The van der Waals surface area contributed by atoms with E-state index in [1.165, 1.54) is 6.42 Å². The lowest BCUT2D eigenvalue weighted by atomic mass is 10.1. The summed E-state index contributed by atoms with van der Waals surface area (Å²) < 4.78 is 7.12. The minimum Gasteiger partial charge on any atom is -0.495 e. The molecule has 4 rings (SSSR count). The molecule has 2 aromatic heterocycles. The quantitative estimate of drug-likeness (QED) is 0.760. The van der Waals surface area contributed by atoms with Crippen molar-refractivity contribution < 1.29 is 9.84 Å². The maximum Gasteiger partial charge on any atom is 0.236 e. The second kappa shape index (κ2) is 6.78. The summed E-state index contributed by atoms with van der Waals surface area (Å²) in [4.78, 5) is 11.7. The van der Waals surface area contributed by atoms with Gasteiger partial charge in [-0.25, -0.2) is 4.98 Å². The van der Waals surface area contributed by atoms with Crippen molar-refractivity contribution in [2.75, 3.05) is 25.1 Å². The first kappa shape index (κ1) is 17.1. The van der Waals surface area contributed by atoms with Crippen LogP contribution in [0.2, 0.25) is 5.02 Å². The topological polar surface area (TPSA) is 62.9 Å². The molecule has 0 bridgehead atoms. The number of hydrogen-bond donors (Lipinski definition) is 1. The van der Waals surface area contributed by atoms with E-state index in [-0.39, 0.29) is 6.61 Å². The molecule has 0 radical (unpaired) electrons. The first-order valence-corrected chi connectivity index (χ1v) is 9.05. The lowest BCUT2D eigenvalue weighted by Gasteiger charge is -2.16. The third-order valence-corrected chi connectivity index (χ3v) is 5.18. The van der Waals surface area contributed by atoms with E-state index < -0.39 is 0 Å². The van der Waals surface area contributed by atoms with Crippen molar-refractivity contribution in [1.82, 2.24) is 14.4 Å². The second-order valence-electron chi connectivity index (χ2n) is 6.76. The third-order valence-electron chi connectivity index (χ3n) is 4.88. The number of aliphatic hydroxyl groups excluding tert-OH is 1. The summed E-state index contributed by atoms with van der Waals surface area (Å²) in [6.07, 6.45) is 5.06. The molecule has 7 heteroatoms. The van der Waals surface area contributed by atoms with Gasteiger partial charge < -0.3 is 14.7 Å². The van der Waals surface area contributed by atoms with Gasteiger partial charge in [-0.2, -0.15) is 4.98 Å². The number of rotatable bonds is 4. The van der Waals surface area contributed by atoms with Gasteiger partial charge in [-0.3, -0.25) is 4.40 Å². The molecule has 1 N–H and O–H groups in total. The van der Waals surface area contributed by atoms with E-state index in [9.17, 15) is 5.11 Å². The zero-order valence-electron chi connectivity index (χ0n) is 14.8. The molecule has 3 aromatic rings. The van der Waals surface area contributed by atoms with E-state index in [1.54, 1.807) is 19.2 Å². The van der Waals surface area contributed by atoms with Gasteiger partial charge in [-0.15, -0.1) is 0 Å². The molecule has 1 saturated heterocycles. The first-order chi connectivity index (χ1) is 12.6. The van der Waals surface area contributed by atoms with Crippen LogP contribution >= 0.6 is 11.6 Å². The lowest BCUT2D eigenvalue weighted by molar-refractivity contribution is 0.281. The SMILES string of the molecule is COc1cc(CO)c(-c2cn3ccc(N4CCC(C)C4)nc3n2)cc1Cl. The molecule has 1 fully saturated rings. The van der Waals surface area contributed by atoms with Gasteiger partial charge in [-0.05, 0) is 36.1 Å². The summed E-state index contributed by atoms with van der Waals surface area (Å²) >= 11 is 6.27. The number of hydrogen-bond acceptors (Lipinski definition) is 5. The van der Waals surface area contributed by atoms with Crippen LogP contribution in [-0.2, 0) is 6.61 Å². The Morgan fingerprint density at radius 1 is 1.35 bits per heavy atom. The van der Waals surface area contributed by atoms with Gasteiger partial charge in [0.2, 0.25) is 5.78 Å². The standard InChI is InChI=1S/C19H21ClN4O2/c1-12-3-5-23(9-12)18-4-6-24-10-16(21-19(24)22-18)14-8-15(20)17(26-2)7-13(14)11-25/h4,6-8,10,12,25H,3,5,9,11H2,1-2H3. The zero-order chi connectivity index (χ0) is 18.3. The number of methoxy groups -OCH3 is 1. The van der Waals surface area contributed by atoms with Gasteiger partial charge in [0.15, 0.2) is 0 Å². The number of anilines is 1. The number of nitrogens with zero attached hydrogens (tertiary/aromatic N) is 4. The number of aliphatic hydroxyl groups is 1. The van der Waals surface area contributed by atoms with Crippen LogP contribution in [0.4, 0.5) is 5.82 Å². The van der Waals surface area contributed by atoms with Crippen LogP contribution in [0.15, 0.2) is 30.6 Å². The van der Waals surface area contributed by atoms with Gasteiger partial charge in [0.05, 0.1) is 24.4 Å². The fourth-order valence-corrected chi connectivity index (χ4v) is 3.67. The molecule has 3 heterocycles. The highest BCUT2D eigenvalue weighted by molar-refractivity contribution is 6.32. The molecule has 136 valence electrons. The third kappa shape index (κ3) is 2.99. The van der Waals surface area contributed by atoms with Gasteiger partial charge in [0.1, 0.15) is 11.6 Å². The molecule has 1 atom stereocenters. The Bertz CT molecular complexity index is 956. The normalized spacial score (nSPS) is 17.2. The molecule has 0 aliphatic carbocycles. The summed E-state index contributed by atoms with van der Waals surface area (Å²) in [5.41, 5.74) is 2.21. The Kier molecular flexibility index (Phi) is 4.46. The molecule has 0 amide bonds. The van der Waals surface area contributed by atoms with Crippen molar-refractivity contribution in [3.8, 4) is 17.0 Å². The Morgan fingerprint density at radius 3 is 2.88 bits per heavy atom. The van der Waals surface area contributed by atoms with E-state index in [1.807, 2.05) is 22.9 Å². The molecule has 0 spiro atoms. The molecule has 1 unspecified atom stereocenters. The zero-order valence-corrected chi connectivity index (χ0v) is 15.6. The Hall–Kier alpha value is -2.31. The van der Waals surface area contributed by atoms with Crippen LogP contribution in [0.5, 0.6) is 5.75 Å². The molecule has 1 aliphatic heterocycles. The van der Waals surface area contributed by atoms with Crippen LogP contribution in [0.3, 0.4) is 0 Å². The van der Waals surface area contributed by atoms with Crippen molar-refractivity contribution in [2.24, 2.45) is 5.92 Å². The van der Waals surface area contributed by atoms with E-state index in [4.69, 9.17) is 21.3 Å². The van der Waals surface area contributed by atoms with Crippen molar-refractivity contribution in [1.29, 1.82) is 0 Å². The molecule has 0 saturated carbocycles. The highest BCUT2D eigenvalue weighted by Crippen LogP contribution is 2.34. The van der Waals surface area contributed by atoms with E-state index in [0.29, 0.717) is 28.0 Å². The molecule has 1 aliphatic rings. The number of ether oxygens (including phenoxy) is 1. The van der Waals surface area contributed by atoms with Crippen LogP contribution in [-0.4, -0.2) is 39.7 Å². The van der Waals surface area contributed by atoms with Gasteiger partial charge in [0.25, 0.3) is 0 Å². The number of imidazole rings is 1. The maximum atomic E-state index is 9.72. The number of benzene rings is 1. The largest absolute Gasteiger partial charge is 0.495 e. The number of fused-ring (bicyclic) bond motifs is 1. The molecular weight excluding hydrogens is 352 g/mol. The predicted octanol–water partition coefficient (Wildman–Crippen LogP) is 3.40. The molecule has 1 aromatic carbocycles. The number of halogens is 1. The Labute approximate surface area is 157 Å². The fraction of sp³-hybridized carbons (Fsp3) is 0.368. The van der Waals surface area contributed by atoms with Crippen LogP contribution in [0.1, 0.15) is 18.9 Å². The molecular formula is C19H21ClN4O2. The average molecular weight is 373 g/mol. The monoisotopic (exact) mass is 372 g/mol. The molecule has 6 nitrogen and oxygen atoms in total.